The van der Waals surface area contributed by atoms with Gasteiger partial charge < -0.3 is 14.9 Å². The number of carbonyl (C=O) groups is 2. The molecule has 1 aromatic rings. The van der Waals surface area contributed by atoms with E-state index in [0.29, 0.717) is 12.0 Å². The van der Waals surface area contributed by atoms with E-state index in [1.54, 1.807) is 0 Å². The van der Waals surface area contributed by atoms with Crippen LogP contribution in [0.25, 0.3) is 0 Å². The Bertz CT molecular complexity index is 779. The lowest BCUT2D eigenvalue weighted by molar-refractivity contribution is -0.137. The van der Waals surface area contributed by atoms with Gasteiger partial charge in [-0.25, -0.2) is 4.79 Å². The summed E-state index contributed by atoms with van der Waals surface area (Å²) < 4.78 is 0. The molecule has 1 aliphatic carbocycles. The lowest BCUT2D eigenvalue weighted by atomic mass is 9.82. The maximum Gasteiger partial charge on any atom is 0.324 e. The minimum absolute atomic E-state index is 0. The first-order valence-electron chi connectivity index (χ1n) is 11.6. The molecule has 0 unspecified atom stereocenters. The number of carboxylic acids is 1. The normalized spacial score (nSPS) is 24.9. The first kappa shape index (κ1) is 23.9. The molecule has 1 aromatic carbocycles. The summed E-state index contributed by atoms with van der Waals surface area (Å²) in [6, 6.07) is 7.06. The molecule has 7 heteroatoms. The number of fused-ring (bicyclic) bond motifs is 1. The number of halogens is 1. The van der Waals surface area contributed by atoms with Gasteiger partial charge in [0.2, 0.25) is 0 Å². The zero-order valence-electron chi connectivity index (χ0n) is 18.6. The summed E-state index contributed by atoms with van der Waals surface area (Å²) in [7, 11) is 2.18. The third-order valence-electron chi connectivity index (χ3n) is 7.31. The van der Waals surface area contributed by atoms with Crippen molar-refractivity contribution in [1.82, 2.24) is 9.80 Å². The van der Waals surface area contributed by atoms with Crippen molar-refractivity contribution in [2.75, 3.05) is 38.1 Å². The van der Waals surface area contributed by atoms with Gasteiger partial charge in [0.25, 0.3) is 0 Å². The molecule has 0 radical (unpaired) electrons. The second kappa shape index (κ2) is 10.7. The highest BCUT2D eigenvalue weighted by Crippen LogP contribution is 2.33. The Labute approximate surface area is 192 Å². The van der Waals surface area contributed by atoms with Crippen molar-refractivity contribution in [2.45, 2.75) is 63.8 Å². The van der Waals surface area contributed by atoms with Crippen LogP contribution >= 0.6 is 12.4 Å². The highest BCUT2D eigenvalue weighted by atomic mass is 35.5. The third kappa shape index (κ3) is 5.72. The molecule has 0 atom stereocenters. The molecule has 0 spiro atoms. The summed E-state index contributed by atoms with van der Waals surface area (Å²) in [5.74, 6) is -0.206. The average molecular weight is 450 g/mol. The summed E-state index contributed by atoms with van der Waals surface area (Å²) >= 11 is 0. The number of hydrogen-bond acceptors (Lipinski definition) is 3. The van der Waals surface area contributed by atoms with Crippen LogP contribution in [0, 0.1) is 5.92 Å². The van der Waals surface area contributed by atoms with Gasteiger partial charge in [0.05, 0.1) is 0 Å². The van der Waals surface area contributed by atoms with E-state index in [9.17, 15) is 9.59 Å². The molecule has 172 valence electrons. The maximum atomic E-state index is 13.4. The topological polar surface area (TPSA) is 64.1 Å². The van der Waals surface area contributed by atoms with Crippen molar-refractivity contribution in [2.24, 2.45) is 5.92 Å². The van der Waals surface area contributed by atoms with E-state index in [1.807, 2.05) is 4.90 Å². The predicted molar refractivity (Wildman–Crippen MR) is 125 cm³/mol. The number of benzene rings is 1. The first-order chi connectivity index (χ1) is 14.5. The van der Waals surface area contributed by atoms with E-state index < -0.39 is 5.97 Å². The molecule has 3 aliphatic rings. The van der Waals surface area contributed by atoms with Gasteiger partial charge >= 0.3 is 12.0 Å². The van der Waals surface area contributed by atoms with Crippen LogP contribution in [-0.4, -0.2) is 66.2 Å². The number of amides is 2. The standard InChI is InChI=1S/C24H35N3O3.ClH/c1-25-15-11-19-6-9-22(17-20(19)12-16-25)27-14-2-13-26(24(27)30)21-7-3-18(4-8-21)5-10-23(28)29;/h6,9,17-18,21H,2-5,7-8,10-16H2,1H3,(H,28,29);1H. The lowest BCUT2D eigenvalue weighted by Gasteiger charge is -2.42. The molecule has 2 fully saturated rings. The Morgan fingerprint density at radius 1 is 1.03 bits per heavy atom. The summed E-state index contributed by atoms with van der Waals surface area (Å²) in [4.78, 5) is 30.7. The molecule has 2 aliphatic heterocycles. The molecule has 6 nitrogen and oxygen atoms in total. The summed E-state index contributed by atoms with van der Waals surface area (Å²) in [5, 5.41) is 8.91. The van der Waals surface area contributed by atoms with Crippen LogP contribution in [0.15, 0.2) is 18.2 Å². The minimum atomic E-state index is -0.702. The Morgan fingerprint density at radius 3 is 2.45 bits per heavy atom. The van der Waals surface area contributed by atoms with Crippen LogP contribution < -0.4 is 4.90 Å². The monoisotopic (exact) mass is 449 g/mol. The fraction of sp³-hybridized carbons (Fsp3) is 0.667. The van der Waals surface area contributed by atoms with Crippen LogP contribution in [0.4, 0.5) is 10.5 Å². The summed E-state index contributed by atoms with van der Waals surface area (Å²) in [6.07, 6.45) is 8.24. The smallest absolute Gasteiger partial charge is 0.324 e. The van der Waals surface area contributed by atoms with Gasteiger partial charge in [0, 0.05) is 44.3 Å². The molecule has 31 heavy (non-hydrogen) atoms. The van der Waals surface area contributed by atoms with Gasteiger partial charge in [-0.2, -0.15) is 0 Å². The number of aliphatic carboxylic acids is 1. The third-order valence-corrected chi connectivity index (χ3v) is 7.31. The van der Waals surface area contributed by atoms with Crippen LogP contribution in [0.3, 0.4) is 0 Å². The van der Waals surface area contributed by atoms with Gasteiger partial charge in [0.1, 0.15) is 0 Å². The number of rotatable bonds is 5. The predicted octanol–water partition coefficient (Wildman–Crippen LogP) is 4.19. The van der Waals surface area contributed by atoms with E-state index >= 15 is 0 Å². The number of anilines is 1. The van der Waals surface area contributed by atoms with E-state index in [1.165, 1.54) is 11.1 Å². The highest BCUT2D eigenvalue weighted by molar-refractivity contribution is 5.93. The second-order valence-corrected chi connectivity index (χ2v) is 9.34. The zero-order valence-corrected chi connectivity index (χ0v) is 19.4. The van der Waals surface area contributed by atoms with Gasteiger partial charge in [-0.3, -0.25) is 9.69 Å². The molecule has 4 rings (SSSR count). The molecular formula is C24H36ClN3O3. The largest absolute Gasteiger partial charge is 0.481 e. The van der Waals surface area contributed by atoms with Crippen LogP contribution in [0.1, 0.15) is 56.1 Å². The molecule has 1 N–H and O–H groups in total. The van der Waals surface area contributed by atoms with Crippen LogP contribution in [0.5, 0.6) is 0 Å². The minimum Gasteiger partial charge on any atom is -0.481 e. The second-order valence-electron chi connectivity index (χ2n) is 9.34. The van der Waals surface area contributed by atoms with E-state index in [-0.39, 0.29) is 24.9 Å². The Hall–Kier alpha value is -1.79. The van der Waals surface area contributed by atoms with Crippen LogP contribution in [-0.2, 0) is 17.6 Å². The number of carbonyl (C=O) groups excluding carboxylic acids is 1. The van der Waals surface area contributed by atoms with Crippen molar-refractivity contribution in [3.05, 3.63) is 29.3 Å². The highest BCUT2D eigenvalue weighted by Gasteiger charge is 2.34. The Kier molecular flexibility index (Phi) is 8.23. The van der Waals surface area contributed by atoms with E-state index in [0.717, 1.165) is 83.2 Å². The molecule has 1 saturated heterocycles. The quantitative estimate of drug-likeness (QED) is 0.731. The fourth-order valence-electron chi connectivity index (χ4n) is 5.39. The molecular weight excluding hydrogens is 414 g/mol. The lowest BCUT2D eigenvalue weighted by Crippen LogP contribution is -2.54. The van der Waals surface area contributed by atoms with Gasteiger partial charge in [0.15, 0.2) is 0 Å². The number of carboxylic acid groups (broad SMARTS) is 1. The van der Waals surface area contributed by atoms with Crippen molar-refractivity contribution in [3.8, 4) is 0 Å². The first-order valence-corrected chi connectivity index (χ1v) is 11.6. The maximum absolute atomic E-state index is 13.4. The molecule has 2 amide bonds. The zero-order chi connectivity index (χ0) is 21.1. The molecule has 1 saturated carbocycles. The average Bonchev–Trinajstić information content (AvgIpc) is 2.94. The SMILES string of the molecule is CN1CCc2ccc(N3CCCN(C4CCC(CCC(=O)O)CC4)C3=O)cc2CC1.Cl. The van der Waals surface area contributed by atoms with E-state index in [2.05, 4.69) is 35.0 Å². The number of nitrogens with zero attached hydrogens (tertiary/aromatic N) is 3. The summed E-state index contributed by atoms with van der Waals surface area (Å²) in [5.41, 5.74) is 3.85. The molecule has 0 aromatic heterocycles. The van der Waals surface area contributed by atoms with Gasteiger partial charge in [-0.1, -0.05) is 6.07 Å². The van der Waals surface area contributed by atoms with Crippen molar-refractivity contribution in [1.29, 1.82) is 0 Å². The number of hydrogen-bond donors (Lipinski definition) is 1. The van der Waals surface area contributed by atoms with Crippen molar-refractivity contribution >= 4 is 30.1 Å². The van der Waals surface area contributed by atoms with Crippen LogP contribution in [0.2, 0.25) is 0 Å². The van der Waals surface area contributed by atoms with Gasteiger partial charge in [-0.15, -0.1) is 12.4 Å². The Balaban J connectivity index is 0.00000272. The summed E-state index contributed by atoms with van der Waals surface area (Å²) in [6.45, 7) is 3.80. The molecule has 0 bridgehead atoms. The Morgan fingerprint density at radius 2 is 1.74 bits per heavy atom. The van der Waals surface area contributed by atoms with E-state index in [4.69, 9.17) is 5.11 Å². The number of urea groups is 1. The van der Waals surface area contributed by atoms with Gasteiger partial charge in [-0.05, 0) is 87.6 Å². The fourth-order valence-corrected chi connectivity index (χ4v) is 5.39. The number of likely N-dealkylation sites (N-methyl/N-ethyl adjacent to an activating group) is 1. The molecule has 2 heterocycles. The van der Waals surface area contributed by atoms with Crippen molar-refractivity contribution in [3.63, 3.8) is 0 Å². The van der Waals surface area contributed by atoms with Crippen molar-refractivity contribution < 1.29 is 14.7 Å².